The number of nitrogens with one attached hydrogen (secondary N) is 2. The maximum absolute atomic E-state index is 12.5. The molecule has 1 aliphatic carbocycles. The van der Waals surface area contributed by atoms with Gasteiger partial charge in [0, 0.05) is 56.1 Å². The number of carbonyl (C=O) groups is 2. The van der Waals surface area contributed by atoms with Gasteiger partial charge >= 0.3 is 6.03 Å². The molecule has 2 aliphatic heterocycles. The summed E-state index contributed by atoms with van der Waals surface area (Å²) in [7, 11) is 0. The molecular formula is C17H22N4O2. The smallest absolute Gasteiger partial charge is 0.321 e. The molecule has 1 saturated heterocycles. The average Bonchev–Trinajstić information content (AvgIpc) is 3.30. The van der Waals surface area contributed by atoms with Crippen molar-refractivity contribution in [3.8, 4) is 0 Å². The minimum atomic E-state index is -0.0659. The van der Waals surface area contributed by atoms with E-state index in [0.29, 0.717) is 12.1 Å². The number of hydrogen-bond acceptors (Lipinski definition) is 3. The molecule has 6 nitrogen and oxygen atoms in total. The highest BCUT2D eigenvalue weighted by Crippen LogP contribution is 2.30. The first-order chi connectivity index (χ1) is 11.2. The molecule has 3 aliphatic rings. The summed E-state index contributed by atoms with van der Waals surface area (Å²) < 4.78 is 0. The molecule has 0 radical (unpaired) electrons. The minimum Gasteiger partial charge on any atom is -0.348 e. The molecule has 0 spiro atoms. The normalized spacial score (nSPS) is 21.0. The topological polar surface area (TPSA) is 64.7 Å². The van der Waals surface area contributed by atoms with Crippen molar-refractivity contribution in [1.82, 2.24) is 15.1 Å². The van der Waals surface area contributed by atoms with E-state index in [0.717, 1.165) is 43.3 Å². The minimum absolute atomic E-state index is 0.0650. The Labute approximate surface area is 135 Å². The molecule has 2 N–H and O–H groups in total. The van der Waals surface area contributed by atoms with Gasteiger partial charge in [0.1, 0.15) is 0 Å². The Balaban J connectivity index is 1.36. The molecule has 6 heteroatoms. The van der Waals surface area contributed by atoms with Gasteiger partial charge in [0.15, 0.2) is 0 Å². The predicted octanol–water partition coefficient (Wildman–Crippen LogP) is 1.49. The number of piperazine rings is 1. The molecule has 1 aromatic rings. The molecule has 0 aromatic heterocycles. The number of carbonyl (C=O) groups excluding carboxylic acids is 2. The maximum atomic E-state index is 12.5. The Hall–Kier alpha value is -2.08. The van der Waals surface area contributed by atoms with E-state index >= 15 is 0 Å². The Morgan fingerprint density at radius 3 is 2.74 bits per heavy atom. The molecule has 1 saturated carbocycles. The zero-order valence-corrected chi connectivity index (χ0v) is 13.2. The van der Waals surface area contributed by atoms with Gasteiger partial charge in [-0.3, -0.25) is 9.69 Å². The lowest BCUT2D eigenvalue weighted by atomic mass is 10.1. The van der Waals surface area contributed by atoms with Gasteiger partial charge in [0.2, 0.25) is 0 Å². The number of benzene rings is 1. The van der Waals surface area contributed by atoms with E-state index in [1.165, 1.54) is 19.4 Å². The molecular weight excluding hydrogens is 292 g/mol. The molecule has 23 heavy (non-hydrogen) atoms. The molecule has 122 valence electrons. The standard InChI is InChI=1S/C17H22N4O2/c22-16-13-2-1-3-15(14(13)10-18-16)19-17(23)21-8-6-20(7-9-21)11-12-4-5-12/h1-3,12H,4-11H2,(H,18,22)(H,19,23). The monoisotopic (exact) mass is 314 g/mol. The van der Waals surface area contributed by atoms with Crippen LogP contribution in [0.15, 0.2) is 18.2 Å². The molecule has 0 unspecified atom stereocenters. The van der Waals surface area contributed by atoms with E-state index in [-0.39, 0.29) is 11.9 Å². The lowest BCUT2D eigenvalue weighted by Gasteiger charge is -2.34. The maximum Gasteiger partial charge on any atom is 0.321 e. The first kappa shape index (κ1) is 14.5. The van der Waals surface area contributed by atoms with Crippen molar-refractivity contribution in [3.63, 3.8) is 0 Å². The second-order valence-electron chi connectivity index (χ2n) is 6.68. The number of amides is 3. The first-order valence-corrected chi connectivity index (χ1v) is 8.39. The van der Waals surface area contributed by atoms with E-state index in [1.54, 1.807) is 6.07 Å². The van der Waals surface area contributed by atoms with Gasteiger partial charge in [0.05, 0.1) is 0 Å². The van der Waals surface area contributed by atoms with Crippen LogP contribution in [0.4, 0.5) is 10.5 Å². The van der Waals surface area contributed by atoms with Gasteiger partial charge in [-0.05, 0) is 30.9 Å². The number of nitrogens with zero attached hydrogens (tertiary/aromatic N) is 2. The van der Waals surface area contributed by atoms with Crippen molar-refractivity contribution >= 4 is 17.6 Å². The summed E-state index contributed by atoms with van der Waals surface area (Å²) in [5.41, 5.74) is 2.29. The van der Waals surface area contributed by atoms with Crippen LogP contribution in [0.25, 0.3) is 0 Å². The zero-order valence-electron chi connectivity index (χ0n) is 13.2. The predicted molar refractivity (Wildman–Crippen MR) is 87.4 cm³/mol. The highest BCUT2D eigenvalue weighted by molar-refractivity contribution is 6.01. The summed E-state index contributed by atoms with van der Waals surface area (Å²) in [5.74, 6) is 0.831. The fourth-order valence-corrected chi connectivity index (χ4v) is 3.36. The Kier molecular flexibility index (Phi) is 3.69. The molecule has 0 atom stereocenters. The number of anilines is 1. The van der Waals surface area contributed by atoms with Crippen molar-refractivity contribution in [2.75, 3.05) is 38.0 Å². The van der Waals surface area contributed by atoms with Crippen LogP contribution in [-0.2, 0) is 6.54 Å². The van der Waals surface area contributed by atoms with Crippen molar-refractivity contribution in [2.45, 2.75) is 19.4 Å². The second-order valence-corrected chi connectivity index (χ2v) is 6.68. The van der Waals surface area contributed by atoms with Crippen LogP contribution in [-0.4, -0.2) is 54.5 Å². The van der Waals surface area contributed by atoms with Crippen LogP contribution in [0.2, 0.25) is 0 Å². The number of rotatable bonds is 3. The van der Waals surface area contributed by atoms with Crippen molar-refractivity contribution in [1.29, 1.82) is 0 Å². The third-order valence-electron chi connectivity index (χ3n) is 4.96. The number of hydrogen-bond donors (Lipinski definition) is 2. The van der Waals surface area contributed by atoms with Gasteiger partial charge in [0.25, 0.3) is 5.91 Å². The van der Waals surface area contributed by atoms with E-state index in [2.05, 4.69) is 15.5 Å². The Morgan fingerprint density at radius 2 is 2.00 bits per heavy atom. The molecule has 1 aromatic carbocycles. The average molecular weight is 314 g/mol. The Bertz CT molecular complexity index is 633. The lowest BCUT2D eigenvalue weighted by molar-refractivity contribution is 0.0965. The first-order valence-electron chi connectivity index (χ1n) is 8.39. The van der Waals surface area contributed by atoms with E-state index in [1.807, 2.05) is 17.0 Å². The third-order valence-corrected chi connectivity index (χ3v) is 4.96. The summed E-state index contributed by atoms with van der Waals surface area (Å²) in [5, 5.41) is 5.77. The van der Waals surface area contributed by atoms with Crippen LogP contribution < -0.4 is 10.6 Å². The van der Waals surface area contributed by atoms with E-state index < -0.39 is 0 Å². The summed E-state index contributed by atoms with van der Waals surface area (Å²) >= 11 is 0. The van der Waals surface area contributed by atoms with E-state index in [4.69, 9.17) is 0 Å². The molecule has 4 rings (SSSR count). The van der Waals surface area contributed by atoms with E-state index in [9.17, 15) is 9.59 Å². The fraction of sp³-hybridized carbons (Fsp3) is 0.529. The second kappa shape index (κ2) is 5.85. The third kappa shape index (κ3) is 3.03. The highest BCUT2D eigenvalue weighted by Gasteiger charge is 2.28. The van der Waals surface area contributed by atoms with Crippen LogP contribution >= 0.6 is 0 Å². The van der Waals surface area contributed by atoms with Gasteiger partial charge in [-0.15, -0.1) is 0 Å². The molecule has 2 heterocycles. The quantitative estimate of drug-likeness (QED) is 0.888. The zero-order chi connectivity index (χ0) is 15.8. The van der Waals surface area contributed by atoms with Gasteiger partial charge in [-0.1, -0.05) is 6.07 Å². The number of fused-ring (bicyclic) bond motifs is 1. The largest absolute Gasteiger partial charge is 0.348 e. The summed E-state index contributed by atoms with van der Waals surface area (Å²) in [6.07, 6.45) is 2.74. The molecule has 0 bridgehead atoms. The lowest BCUT2D eigenvalue weighted by Crippen LogP contribution is -2.50. The van der Waals surface area contributed by atoms with Crippen molar-refractivity contribution in [2.24, 2.45) is 5.92 Å². The van der Waals surface area contributed by atoms with Crippen LogP contribution in [0.3, 0.4) is 0 Å². The van der Waals surface area contributed by atoms with Gasteiger partial charge in [-0.25, -0.2) is 4.79 Å². The molecule has 3 amide bonds. The fourth-order valence-electron chi connectivity index (χ4n) is 3.36. The molecule has 2 fully saturated rings. The summed E-state index contributed by atoms with van der Waals surface area (Å²) in [4.78, 5) is 28.5. The van der Waals surface area contributed by atoms with Crippen LogP contribution in [0, 0.1) is 5.92 Å². The SMILES string of the molecule is O=C1NCc2c(NC(=O)N3CCN(CC4CC4)CC3)cccc21. The van der Waals surface area contributed by atoms with Gasteiger partial charge < -0.3 is 15.5 Å². The van der Waals surface area contributed by atoms with Crippen molar-refractivity contribution < 1.29 is 9.59 Å². The van der Waals surface area contributed by atoms with Crippen LogP contribution in [0.5, 0.6) is 0 Å². The highest BCUT2D eigenvalue weighted by atomic mass is 16.2. The van der Waals surface area contributed by atoms with Gasteiger partial charge in [-0.2, -0.15) is 0 Å². The van der Waals surface area contributed by atoms with Crippen LogP contribution in [0.1, 0.15) is 28.8 Å². The van der Waals surface area contributed by atoms with Crippen molar-refractivity contribution in [3.05, 3.63) is 29.3 Å². The number of urea groups is 1. The summed E-state index contributed by atoms with van der Waals surface area (Å²) in [6.45, 7) is 5.12. The Morgan fingerprint density at radius 1 is 1.22 bits per heavy atom. The summed E-state index contributed by atoms with van der Waals surface area (Å²) in [6, 6.07) is 5.40.